The van der Waals surface area contributed by atoms with E-state index in [4.69, 9.17) is 19.9 Å². The van der Waals surface area contributed by atoms with Gasteiger partial charge in [-0.1, -0.05) is 41.5 Å². The van der Waals surface area contributed by atoms with Crippen molar-refractivity contribution in [3.05, 3.63) is 45.6 Å². The summed E-state index contributed by atoms with van der Waals surface area (Å²) < 4.78 is 0. The highest BCUT2D eigenvalue weighted by Crippen LogP contribution is 2.36. The van der Waals surface area contributed by atoms with Gasteiger partial charge in [0, 0.05) is 29.8 Å². The third-order valence-electron chi connectivity index (χ3n) is 6.68. The highest BCUT2D eigenvalue weighted by atomic mass is 15.0. The standard InChI is InChI=1S/C25H37N5/c1-7-20-18-8-9-26-13-22(18)29-25(27-20)16(6)10-17-11-19-21(12-17)28-24(15(4)5)30-23(19)14(2)3/h14-17,26H,7-13H2,1-6H3. The summed E-state index contributed by atoms with van der Waals surface area (Å²) >= 11 is 0. The minimum absolute atomic E-state index is 0.363. The average Bonchev–Trinajstić information content (AvgIpc) is 3.13. The summed E-state index contributed by atoms with van der Waals surface area (Å²) in [5.74, 6) is 3.82. The predicted octanol–water partition coefficient (Wildman–Crippen LogP) is 4.63. The molecular formula is C25H37N5. The summed E-state index contributed by atoms with van der Waals surface area (Å²) in [5.41, 5.74) is 7.84. The molecule has 1 aliphatic carbocycles. The van der Waals surface area contributed by atoms with Crippen LogP contribution in [0.5, 0.6) is 0 Å². The van der Waals surface area contributed by atoms with Gasteiger partial charge >= 0.3 is 0 Å². The van der Waals surface area contributed by atoms with E-state index in [2.05, 4.69) is 46.9 Å². The molecule has 162 valence electrons. The first kappa shape index (κ1) is 21.4. The van der Waals surface area contributed by atoms with Crippen LogP contribution in [0.3, 0.4) is 0 Å². The van der Waals surface area contributed by atoms with Gasteiger partial charge in [-0.15, -0.1) is 0 Å². The lowest BCUT2D eigenvalue weighted by Crippen LogP contribution is -2.27. The second-order valence-electron chi connectivity index (χ2n) is 9.85. The van der Waals surface area contributed by atoms with E-state index < -0.39 is 0 Å². The van der Waals surface area contributed by atoms with Crippen LogP contribution >= 0.6 is 0 Å². The van der Waals surface area contributed by atoms with Gasteiger partial charge in [-0.05, 0) is 61.6 Å². The van der Waals surface area contributed by atoms with Crippen LogP contribution in [0, 0.1) is 5.92 Å². The van der Waals surface area contributed by atoms with Crippen LogP contribution in [0.15, 0.2) is 0 Å². The van der Waals surface area contributed by atoms with Crippen molar-refractivity contribution in [2.24, 2.45) is 5.92 Å². The SMILES string of the molecule is CCc1nc(C(C)CC2Cc3nc(C(C)C)nc(C(C)C)c3C2)nc2c1CCNC2. The monoisotopic (exact) mass is 407 g/mol. The van der Waals surface area contributed by atoms with Crippen molar-refractivity contribution in [2.45, 2.75) is 97.9 Å². The second kappa shape index (κ2) is 8.70. The molecule has 0 fully saturated rings. The molecule has 2 atom stereocenters. The van der Waals surface area contributed by atoms with Crippen molar-refractivity contribution in [1.29, 1.82) is 0 Å². The molecule has 0 saturated heterocycles. The van der Waals surface area contributed by atoms with Crippen LogP contribution < -0.4 is 5.32 Å². The number of aryl methyl sites for hydroxylation is 1. The molecule has 2 aliphatic rings. The molecular weight excluding hydrogens is 370 g/mol. The fourth-order valence-electron chi connectivity index (χ4n) is 5.07. The van der Waals surface area contributed by atoms with Crippen LogP contribution in [-0.4, -0.2) is 26.5 Å². The van der Waals surface area contributed by atoms with E-state index in [0.29, 0.717) is 23.7 Å². The second-order valence-corrected chi connectivity index (χ2v) is 9.85. The fourth-order valence-corrected chi connectivity index (χ4v) is 5.07. The Hall–Kier alpha value is -1.88. The minimum Gasteiger partial charge on any atom is -0.311 e. The number of fused-ring (bicyclic) bond motifs is 2. The Morgan fingerprint density at radius 2 is 1.63 bits per heavy atom. The molecule has 2 unspecified atom stereocenters. The Morgan fingerprint density at radius 3 is 2.33 bits per heavy atom. The Morgan fingerprint density at radius 1 is 0.867 bits per heavy atom. The molecule has 30 heavy (non-hydrogen) atoms. The van der Waals surface area contributed by atoms with Crippen molar-refractivity contribution in [3.8, 4) is 0 Å². The van der Waals surface area contributed by atoms with Crippen molar-refractivity contribution in [1.82, 2.24) is 25.3 Å². The lowest BCUT2D eigenvalue weighted by Gasteiger charge is -2.22. The maximum atomic E-state index is 5.01. The first-order valence-electron chi connectivity index (χ1n) is 11.9. The van der Waals surface area contributed by atoms with Crippen LogP contribution in [0.4, 0.5) is 0 Å². The first-order valence-corrected chi connectivity index (χ1v) is 11.9. The minimum atomic E-state index is 0.363. The van der Waals surface area contributed by atoms with E-state index >= 15 is 0 Å². The molecule has 1 aliphatic heterocycles. The number of hydrogen-bond acceptors (Lipinski definition) is 5. The Bertz CT molecular complexity index is 901. The van der Waals surface area contributed by atoms with Gasteiger partial charge in [0.05, 0.1) is 11.4 Å². The third-order valence-corrected chi connectivity index (χ3v) is 6.68. The van der Waals surface area contributed by atoms with E-state index in [1.165, 1.54) is 33.9 Å². The topological polar surface area (TPSA) is 63.6 Å². The van der Waals surface area contributed by atoms with Crippen LogP contribution in [0.1, 0.15) is 111 Å². The van der Waals surface area contributed by atoms with Gasteiger partial charge in [-0.2, -0.15) is 0 Å². The van der Waals surface area contributed by atoms with Gasteiger partial charge in [0.1, 0.15) is 11.6 Å². The van der Waals surface area contributed by atoms with Gasteiger partial charge in [0.15, 0.2) is 0 Å². The quantitative estimate of drug-likeness (QED) is 0.756. The van der Waals surface area contributed by atoms with E-state index in [0.717, 1.165) is 56.8 Å². The van der Waals surface area contributed by atoms with Crippen LogP contribution in [0.2, 0.25) is 0 Å². The molecule has 0 spiro atoms. The smallest absolute Gasteiger partial charge is 0.131 e. The molecule has 0 amide bonds. The molecule has 0 aromatic carbocycles. The molecule has 1 N–H and O–H groups in total. The number of hydrogen-bond donors (Lipinski definition) is 1. The molecule has 5 nitrogen and oxygen atoms in total. The van der Waals surface area contributed by atoms with Crippen LogP contribution in [0.25, 0.3) is 0 Å². The molecule has 2 aromatic heterocycles. The Kier molecular flexibility index (Phi) is 6.19. The summed E-state index contributed by atoms with van der Waals surface area (Å²) in [6, 6.07) is 0. The average molecular weight is 408 g/mol. The molecule has 0 saturated carbocycles. The summed E-state index contributed by atoms with van der Waals surface area (Å²) in [6.07, 6.45) is 5.32. The fraction of sp³-hybridized carbons (Fsp3) is 0.680. The number of aromatic nitrogens is 4. The van der Waals surface area contributed by atoms with E-state index in [-0.39, 0.29) is 0 Å². The van der Waals surface area contributed by atoms with E-state index in [9.17, 15) is 0 Å². The Labute approximate surface area is 181 Å². The molecule has 0 radical (unpaired) electrons. The van der Waals surface area contributed by atoms with E-state index in [1.54, 1.807) is 0 Å². The molecule has 2 aromatic rings. The van der Waals surface area contributed by atoms with Gasteiger partial charge < -0.3 is 5.32 Å². The summed E-state index contributed by atoms with van der Waals surface area (Å²) in [7, 11) is 0. The maximum Gasteiger partial charge on any atom is 0.131 e. The molecule has 4 rings (SSSR count). The predicted molar refractivity (Wildman–Crippen MR) is 121 cm³/mol. The van der Waals surface area contributed by atoms with Crippen molar-refractivity contribution < 1.29 is 0 Å². The highest BCUT2D eigenvalue weighted by Gasteiger charge is 2.30. The molecule has 3 heterocycles. The van der Waals surface area contributed by atoms with Gasteiger partial charge in [-0.25, -0.2) is 19.9 Å². The zero-order chi connectivity index (χ0) is 21.4. The maximum absolute atomic E-state index is 5.01. The zero-order valence-corrected chi connectivity index (χ0v) is 19.5. The summed E-state index contributed by atoms with van der Waals surface area (Å²) in [4.78, 5) is 19.9. The highest BCUT2D eigenvalue weighted by molar-refractivity contribution is 5.34. The largest absolute Gasteiger partial charge is 0.311 e. The zero-order valence-electron chi connectivity index (χ0n) is 19.5. The van der Waals surface area contributed by atoms with Gasteiger partial charge in [0.25, 0.3) is 0 Å². The summed E-state index contributed by atoms with van der Waals surface area (Å²) in [6.45, 7) is 15.3. The van der Waals surface area contributed by atoms with Crippen molar-refractivity contribution >= 4 is 0 Å². The van der Waals surface area contributed by atoms with Gasteiger partial charge in [-0.3, -0.25) is 0 Å². The number of nitrogens with zero attached hydrogens (tertiary/aromatic N) is 4. The lowest BCUT2D eigenvalue weighted by molar-refractivity contribution is 0.451. The lowest BCUT2D eigenvalue weighted by atomic mass is 9.91. The molecule has 0 bridgehead atoms. The molecule has 5 heteroatoms. The third kappa shape index (κ3) is 4.14. The van der Waals surface area contributed by atoms with Gasteiger partial charge in [0.2, 0.25) is 0 Å². The van der Waals surface area contributed by atoms with E-state index in [1.807, 2.05) is 0 Å². The first-order chi connectivity index (χ1) is 14.4. The Balaban J connectivity index is 1.55. The number of nitrogens with one attached hydrogen (secondary N) is 1. The van der Waals surface area contributed by atoms with Crippen molar-refractivity contribution in [2.75, 3.05) is 6.54 Å². The van der Waals surface area contributed by atoms with Crippen LogP contribution in [-0.2, 0) is 32.2 Å². The number of rotatable bonds is 6. The normalized spacial score (nSPS) is 19.3. The summed E-state index contributed by atoms with van der Waals surface area (Å²) in [5, 5.41) is 3.47. The van der Waals surface area contributed by atoms with Crippen molar-refractivity contribution in [3.63, 3.8) is 0 Å².